The Balaban J connectivity index is 1.65. The summed E-state index contributed by atoms with van der Waals surface area (Å²) in [4.78, 5) is 18.7. The number of fused-ring (bicyclic) bond motifs is 1. The van der Waals surface area contributed by atoms with Crippen LogP contribution in [0.5, 0.6) is 17.2 Å². The number of nitrogens with one attached hydrogen (secondary N) is 1. The Hall–Kier alpha value is -4.26. The van der Waals surface area contributed by atoms with E-state index in [-0.39, 0.29) is 22.2 Å². The molecule has 0 saturated carbocycles. The van der Waals surface area contributed by atoms with Crippen LogP contribution in [0.3, 0.4) is 0 Å². The minimum Gasteiger partial charge on any atom is -0.494 e. The second-order valence-corrected chi connectivity index (χ2v) is 10.1. The van der Waals surface area contributed by atoms with Gasteiger partial charge < -0.3 is 19.1 Å². The number of carbonyl (C=O) groups is 1. The van der Waals surface area contributed by atoms with Gasteiger partial charge in [0.05, 0.1) is 45.1 Å². The molecule has 1 amide bonds. The number of pyridine rings is 1. The Kier molecular flexibility index (Phi) is 6.15. The van der Waals surface area contributed by atoms with Crippen LogP contribution in [-0.4, -0.2) is 61.4 Å². The molecule has 0 atom stereocenters. The number of ether oxygens (including phenoxy) is 3. The Morgan fingerprint density at radius 1 is 1.00 bits per heavy atom. The van der Waals surface area contributed by atoms with Gasteiger partial charge in [-0.15, -0.1) is 0 Å². The van der Waals surface area contributed by atoms with E-state index >= 15 is 0 Å². The van der Waals surface area contributed by atoms with E-state index in [1.165, 1.54) is 31.3 Å². The Bertz CT molecular complexity index is 1610. The van der Waals surface area contributed by atoms with Crippen molar-refractivity contribution in [3.05, 3.63) is 43.0 Å². The summed E-state index contributed by atoms with van der Waals surface area (Å²) in [5, 5.41) is 3.95. The Morgan fingerprint density at radius 3 is 2.41 bits per heavy atom. The van der Waals surface area contributed by atoms with Gasteiger partial charge in [0.25, 0.3) is 10.0 Å². The number of imidazole rings is 1. The van der Waals surface area contributed by atoms with Gasteiger partial charge in [0, 0.05) is 44.0 Å². The zero-order valence-electron chi connectivity index (χ0n) is 20.8. The van der Waals surface area contributed by atoms with Crippen LogP contribution >= 0.6 is 0 Å². The zero-order chi connectivity index (χ0) is 26.3. The van der Waals surface area contributed by atoms with E-state index < -0.39 is 10.0 Å². The average molecular weight is 527 g/mol. The zero-order valence-corrected chi connectivity index (χ0v) is 21.6. The van der Waals surface area contributed by atoms with Crippen LogP contribution in [0.2, 0.25) is 0 Å². The van der Waals surface area contributed by atoms with Crippen molar-refractivity contribution in [2.45, 2.75) is 17.7 Å². The minimum atomic E-state index is -3.96. The fourth-order valence-electron chi connectivity index (χ4n) is 4.41. The molecule has 1 fully saturated rings. The maximum atomic E-state index is 13.1. The summed E-state index contributed by atoms with van der Waals surface area (Å²) in [5.41, 5.74) is 2.66. The van der Waals surface area contributed by atoms with Crippen molar-refractivity contribution in [3.8, 4) is 28.5 Å². The van der Waals surface area contributed by atoms with Gasteiger partial charge in [0.15, 0.2) is 11.5 Å². The number of aromatic nitrogens is 4. The van der Waals surface area contributed by atoms with Gasteiger partial charge in [-0.05, 0) is 18.6 Å². The van der Waals surface area contributed by atoms with Crippen LogP contribution in [-0.2, 0) is 21.9 Å². The summed E-state index contributed by atoms with van der Waals surface area (Å²) < 4.78 is 48.5. The molecule has 0 spiro atoms. The van der Waals surface area contributed by atoms with Gasteiger partial charge in [-0.2, -0.15) is 5.10 Å². The summed E-state index contributed by atoms with van der Waals surface area (Å²) in [5.74, 6) is 1.11. The summed E-state index contributed by atoms with van der Waals surface area (Å²) in [7, 11) is 2.12. The third kappa shape index (κ3) is 4.31. The number of sulfonamides is 1. The second-order valence-electron chi connectivity index (χ2n) is 8.46. The fourth-order valence-corrected chi connectivity index (χ4v) is 5.44. The Labute approximate surface area is 213 Å². The first-order valence-corrected chi connectivity index (χ1v) is 12.9. The van der Waals surface area contributed by atoms with Crippen molar-refractivity contribution in [1.29, 1.82) is 0 Å². The molecule has 1 aromatic carbocycles. The average Bonchev–Trinajstić information content (AvgIpc) is 3.62. The third-order valence-electron chi connectivity index (χ3n) is 6.18. The van der Waals surface area contributed by atoms with E-state index in [1.54, 1.807) is 49.7 Å². The molecule has 0 unspecified atom stereocenters. The normalized spacial score (nSPS) is 13.8. The Morgan fingerprint density at radius 2 is 1.78 bits per heavy atom. The number of anilines is 2. The number of aryl methyl sites for hydroxylation is 1. The standard InChI is InChI=1S/C24H26N6O6S/c1-28-13-16(11-26-28)37(32,33)27-17-8-15(9-21(35-3)24(17)36-4)18-12-25-22-10-20(34-2)19(14-30(18)22)29-7-5-6-23(29)31/h8-14,27H,5-7H2,1-4H3. The lowest BCUT2D eigenvalue weighted by atomic mass is 10.1. The first-order valence-electron chi connectivity index (χ1n) is 11.4. The van der Waals surface area contributed by atoms with E-state index in [0.717, 1.165) is 6.42 Å². The van der Waals surface area contributed by atoms with Crippen molar-refractivity contribution in [2.24, 2.45) is 7.05 Å². The number of benzene rings is 1. The van der Waals surface area contributed by atoms with Crippen LogP contribution in [0.4, 0.5) is 11.4 Å². The molecule has 194 valence electrons. The maximum absolute atomic E-state index is 13.1. The number of hydrogen-bond donors (Lipinski definition) is 1. The lowest BCUT2D eigenvalue weighted by molar-refractivity contribution is -0.117. The first kappa shape index (κ1) is 24.4. The van der Waals surface area contributed by atoms with E-state index in [2.05, 4.69) is 14.8 Å². The predicted octanol–water partition coefficient (Wildman–Crippen LogP) is 2.69. The molecule has 4 aromatic rings. The van der Waals surface area contributed by atoms with Gasteiger partial charge in [0.1, 0.15) is 22.0 Å². The SMILES string of the molecule is COc1cc2ncc(-c3cc(NS(=O)(=O)c4cnn(C)c4)c(OC)c(OC)c3)n2cc1N1CCCC1=O. The van der Waals surface area contributed by atoms with Crippen molar-refractivity contribution in [2.75, 3.05) is 37.5 Å². The number of methoxy groups -OCH3 is 3. The van der Waals surface area contributed by atoms with Crippen molar-refractivity contribution in [3.63, 3.8) is 0 Å². The van der Waals surface area contributed by atoms with Crippen molar-refractivity contribution in [1.82, 2.24) is 19.2 Å². The summed E-state index contributed by atoms with van der Waals surface area (Å²) in [6.07, 6.45) is 7.37. The van der Waals surface area contributed by atoms with E-state index in [4.69, 9.17) is 14.2 Å². The number of nitrogens with zero attached hydrogens (tertiary/aromatic N) is 5. The van der Waals surface area contributed by atoms with E-state index in [9.17, 15) is 13.2 Å². The summed E-state index contributed by atoms with van der Waals surface area (Å²) in [6.45, 7) is 0.599. The van der Waals surface area contributed by atoms with Crippen LogP contribution in [0.1, 0.15) is 12.8 Å². The molecule has 3 aromatic heterocycles. The molecular formula is C24H26N6O6S. The number of rotatable bonds is 8. The van der Waals surface area contributed by atoms with Crippen molar-refractivity contribution < 1.29 is 27.4 Å². The highest BCUT2D eigenvalue weighted by Gasteiger charge is 2.27. The molecule has 1 aliphatic heterocycles. The van der Waals surface area contributed by atoms with Crippen LogP contribution < -0.4 is 23.8 Å². The van der Waals surface area contributed by atoms with Crippen LogP contribution in [0.15, 0.2) is 47.9 Å². The van der Waals surface area contributed by atoms with Gasteiger partial charge >= 0.3 is 0 Å². The molecule has 12 nitrogen and oxygen atoms in total. The third-order valence-corrected chi connectivity index (χ3v) is 7.50. The molecule has 13 heteroatoms. The highest BCUT2D eigenvalue weighted by molar-refractivity contribution is 7.92. The quantitative estimate of drug-likeness (QED) is 0.371. The molecule has 0 bridgehead atoms. The number of amides is 1. The topological polar surface area (TPSA) is 129 Å². The second kappa shape index (κ2) is 9.32. The molecule has 0 aliphatic carbocycles. The highest BCUT2D eigenvalue weighted by Crippen LogP contribution is 2.42. The number of carbonyl (C=O) groups excluding carboxylic acids is 1. The molecular weight excluding hydrogens is 500 g/mol. The maximum Gasteiger partial charge on any atom is 0.265 e. The predicted molar refractivity (Wildman–Crippen MR) is 136 cm³/mol. The van der Waals surface area contributed by atoms with Crippen LogP contribution in [0, 0.1) is 0 Å². The highest BCUT2D eigenvalue weighted by atomic mass is 32.2. The lowest BCUT2D eigenvalue weighted by Crippen LogP contribution is -2.24. The fraction of sp³-hybridized carbons (Fsp3) is 0.292. The molecule has 37 heavy (non-hydrogen) atoms. The monoisotopic (exact) mass is 526 g/mol. The van der Waals surface area contributed by atoms with Crippen LogP contribution in [0.25, 0.3) is 16.9 Å². The van der Waals surface area contributed by atoms with Gasteiger partial charge in [-0.1, -0.05) is 0 Å². The summed E-state index contributed by atoms with van der Waals surface area (Å²) in [6, 6.07) is 5.13. The molecule has 1 N–H and O–H groups in total. The molecule has 4 heterocycles. The van der Waals surface area contributed by atoms with Crippen molar-refractivity contribution >= 4 is 33.0 Å². The minimum absolute atomic E-state index is 0.00300. The van der Waals surface area contributed by atoms with Gasteiger partial charge in [0.2, 0.25) is 5.91 Å². The van der Waals surface area contributed by atoms with E-state index in [0.29, 0.717) is 47.1 Å². The summed E-state index contributed by atoms with van der Waals surface area (Å²) >= 11 is 0. The molecule has 1 saturated heterocycles. The van der Waals surface area contributed by atoms with Gasteiger partial charge in [-0.25, -0.2) is 13.4 Å². The molecule has 1 aliphatic rings. The molecule has 0 radical (unpaired) electrons. The molecule has 5 rings (SSSR count). The number of hydrogen-bond acceptors (Lipinski definition) is 8. The lowest BCUT2D eigenvalue weighted by Gasteiger charge is -2.20. The smallest absolute Gasteiger partial charge is 0.265 e. The van der Waals surface area contributed by atoms with Gasteiger partial charge in [-0.3, -0.25) is 18.6 Å². The largest absolute Gasteiger partial charge is 0.494 e. The first-order chi connectivity index (χ1) is 17.7. The van der Waals surface area contributed by atoms with E-state index in [1.807, 2.05) is 4.40 Å².